The Kier molecular flexibility index (Phi) is 5.59. The fourth-order valence-electron chi connectivity index (χ4n) is 2.67. The number of nitrogens with two attached hydrogens (primary N) is 1. The van der Waals surface area contributed by atoms with E-state index in [1.54, 1.807) is 0 Å². The van der Waals surface area contributed by atoms with Gasteiger partial charge in [-0.2, -0.15) is 0 Å². The molecule has 122 valence electrons. The molecule has 0 fully saturated rings. The number of benzene rings is 2. The molecule has 0 aliphatic carbocycles. The topological polar surface area (TPSA) is 50.9 Å². The first-order valence-corrected chi connectivity index (χ1v) is 8.44. The molecule has 2 aromatic carbocycles. The number of aromatic nitrogens is 1. The van der Waals surface area contributed by atoms with Gasteiger partial charge in [0.05, 0.1) is 11.2 Å². The molecule has 0 bridgehead atoms. The first kappa shape index (κ1) is 16.2. The van der Waals surface area contributed by atoms with Crippen LogP contribution in [0, 0.1) is 0 Å². The zero-order chi connectivity index (χ0) is 16.6. The molecular weight excluding hydrogens is 294 g/mol. The molecule has 3 nitrogen and oxygen atoms in total. The number of anilines is 1. The van der Waals surface area contributed by atoms with Crippen LogP contribution in [0.2, 0.25) is 0 Å². The molecule has 1 heterocycles. The van der Waals surface area contributed by atoms with Crippen molar-refractivity contribution in [1.29, 1.82) is 0 Å². The van der Waals surface area contributed by atoms with Crippen LogP contribution in [0.5, 0.6) is 0 Å². The summed E-state index contributed by atoms with van der Waals surface area (Å²) in [5.41, 5.74) is 9.84. The standard InChI is InChI=1S/C21H23N3/c22-14-6-7-15-23-21-16-18(13-12-17-8-2-1-3-9-17)24-20-11-5-4-10-19(20)21/h1-5,8-13,16H,6-7,14-15,22H2,(H,23,24)/b13-12+. The Labute approximate surface area is 143 Å². The number of nitrogens with one attached hydrogen (secondary N) is 1. The summed E-state index contributed by atoms with van der Waals surface area (Å²) in [6, 6.07) is 20.6. The lowest BCUT2D eigenvalue weighted by atomic mass is 10.1. The molecule has 3 aromatic rings. The van der Waals surface area contributed by atoms with Crippen molar-refractivity contribution in [2.45, 2.75) is 12.8 Å². The summed E-state index contributed by atoms with van der Waals surface area (Å²) in [6.07, 6.45) is 6.27. The third-order valence-electron chi connectivity index (χ3n) is 3.93. The summed E-state index contributed by atoms with van der Waals surface area (Å²) in [6.45, 7) is 1.66. The number of para-hydroxylation sites is 1. The first-order valence-electron chi connectivity index (χ1n) is 8.44. The van der Waals surface area contributed by atoms with E-state index in [1.807, 2.05) is 24.3 Å². The maximum absolute atomic E-state index is 5.57. The van der Waals surface area contributed by atoms with Gasteiger partial charge in [0.15, 0.2) is 0 Å². The van der Waals surface area contributed by atoms with E-state index in [-0.39, 0.29) is 0 Å². The Morgan fingerprint density at radius 1 is 0.917 bits per heavy atom. The van der Waals surface area contributed by atoms with Gasteiger partial charge in [-0.15, -0.1) is 0 Å². The van der Waals surface area contributed by atoms with Crippen molar-refractivity contribution in [2.24, 2.45) is 5.73 Å². The van der Waals surface area contributed by atoms with E-state index >= 15 is 0 Å². The van der Waals surface area contributed by atoms with Crippen LogP contribution in [0.15, 0.2) is 60.7 Å². The van der Waals surface area contributed by atoms with Gasteiger partial charge < -0.3 is 11.1 Å². The van der Waals surface area contributed by atoms with E-state index in [0.29, 0.717) is 0 Å². The Bertz CT molecular complexity index is 810. The highest BCUT2D eigenvalue weighted by molar-refractivity contribution is 5.92. The van der Waals surface area contributed by atoms with Crippen LogP contribution in [-0.4, -0.2) is 18.1 Å². The van der Waals surface area contributed by atoms with Crippen molar-refractivity contribution in [3.05, 3.63) is 71.9 Å². The third-order valence-corrected chi connectivity index (χ3v) is 3.93. The van der Waals surface area contributed by atoms with Crippen LogP contribution < -0.4 is 11.1 Å². The highest BCUT2D eigenvalue weighted by atomic mass is 14.9. The third kappa shape index (κ3) is 4.21. The number of rotatable bonds is 7. The van der Waals surface area contributed by atoms with Gasteiger partial charge in [0.2, 0.25) is 0 Å². The smallest absolute Gasteiger partial charge is 0.0730 e. The lowest BCUT2D eigenvalue weighted by Crippen LogP contribution is -2.06. The lowest BCUT2D eigenvalue weighted by Gasteiger charge is -2.10. The van der Waals surface area contributed by atoms with Crippen molar-refractivity contribution in [1.82, 2.24) is 4.98 Å². The predicted octanol–water partition coefficient (Wildman–Crippen LogP) is 4.56. The van der Waals surface area contributed by atoms with Gasteiger partial charge >= 0.3 is 0 Å². The van der Waals surface area contributed by atoms with Crippen LogP contribution in [-0.2, 0) is 0 Å². The van der Waals surface area contributed by atoms with E-state index in [1.165, 1.54) is 5.56 Å². The van der Waals surface area contributed by atoms with Gasteiger partial charge in [-0.25, -0.2) is 4.98 Å². The molecule has 0 aliphatic heterocycles. The number of pyridine rings is 1. The summed E-state index contributed by atoms with van der Waals surface area (Å²) >= 11 is 0. The Hall–Kier alpha value is -2.65. The molecule has 1 aromatic heterocycles. The largest absolute Gasteiger partial charge is 0.384 e. The lowest BCUT2D eigenvalue weighted by molar-refractivity contribution is 0.774. The minimum Gasteiger partial charge on any atom is -0.384 e. The van der Waals surface area contributed by atoms with E-state index in [9.17, 15) is 0 Å². The highest BCUT2D eigenvalue weighted by Crippen LogP contribution is 2.24. The molecule has 0 unspecified atom stereocenters. The first-order chi connectivity index (χ1) is 11.9. The van der Waals surface area contributed by atoms with E-state index < -0.39 is 0 Å². The van der Waals surface area contributed by atoms with E-state index in [4.69, 9.17) is 10.7 Å². The number of hydrogen-bond donors (Lipinski definition) is 2. The second kappa shape index (κ2) is 8.27. The Morgan fingerprint density at radius 3 is 2.54 bits per heavy atom. The van der Waals surface area contributed by atoms with Crippen molar-refractivity contribution >= 4 is 28.7 Å². The second-order valence-corrected chi connectivity index (χ2v) is 5.78. The molecule has 0 saturated carbocycles. The maximum Gasteiger partial charge on any atom is 0.0730 e. The van der Waals surface area contributed by atoms with Gasteiger partial charge in [-0.1, -0.05) is 54.6 Å². The molecule has 0 radical (unpaired) electrons. The maximum atomic E-state index is 5.57. The van der Waals surface area contributed by atoms with Crippen LogP contribution in [0.3, 0.4) is 0 Å². The zero-order valence-electron chi connectivity index (χ0n) is 13.8. The van der Waals surface area contributed by atoms with E-state index in [2.05, 4.69) is 53.9 Å². The minimum atomic E-state index is 0.740. The van der Waals surface area contributed by atoms with Gasteiger partial charge in [-0.3, -0.25) is 0 Å². The number of nitrogens with zero attached hydrogens (tertiary/aromatic N) is 1. The number of unbranched alkanes of at least 4 members (excludes halogenated alkanes) is 1. The van der Waals surface area contributed by atoms with Gasteiger partial charge in [0, 0.05) is 17.6 Å². The van der Waals surface area contributed by atoms with Crippen LogP contribution in [0.4, 0.5) is 5.69 Å². The summed E-state index contributed by atoms with van der Waals surface area (Å²) in [5, 5.41) is 4.69. The summed E-state index contributed by atoms with van der Waals surface area (Å²) in [4.78, 5) is 4.75. The fraction of sp³-hybridized carbons (Fsp3) is 0.190. The van der Waals surface area contributed by atoms with Crippen LogP contribution in [0.1, 0.15) is 24.1 Å². The zero-order valence-corrected chi connectivity index (χ0v) is 13.8. The molecule has 0 aliphatic rings. The van der Waals surface area contributed by atoms with Crippen molar-refractivity contribution < 1.29 is 0 Å². The van der Waals surface area contributed by atoms with Gasteiger partial charge in [-0.05, 0) is 43.2 Å². The van der Waals surface area contributed by atoms with Gasteiger partial charge in [0.25, 0.3) is 0 Å². The monoisotopic (exact) mass is 317 g/mol. The molecular formula is C21H23N3. The predicted molar refractivity (Wildman–Crippen MR) is 104 cm³/mol. The molecule has 3 heteroatoms. The number of hydrogen-bond acceptors (Lipinski definition) is 3. The highest BCUT2D eigenvalue weighted by Gasteiger charge is 2.03. The summed E-state index contributed by atoms with van der Waals surface area (Å²) in [5.74, 6) is 0. The SMILES string of the molecule is NCCCCNc1cc(/C=C/c2ccccc2)nc2ccccc12. The molecule has 24 heavy (non-hydrogen) atoms. The van der Waals surface area contributed by atoms with Crippen molar-refractivity contribution in [2.75, 3.05) is 18.4 Å². The van der Waals surface area contributed by atoms with Crippen molar-refractivity contribution in [3.8, 4) is 0 Å². The molecule has 0 amide bonds. The fourth-order valence-corrected chi connectivity index (χ4v) is 2.67. The average molecular weight is 317 g/mol. The quantitative estimate of drug-likeness (QED) is 0.628. The summed E-state index contributed by atoms with van der Waals surface area (Å²) in [7, 11) is 0. The second-order valence-electron chi connectivity index (χ2n) is 5.78. The average Bonchev–Trinajstić information content (AvgIpc) is 2.64. The normalized spacial score (nSPS) is 11.2. The molecule has 0 saturated heterocycles. The minimum absolute atomic E-state index is 0.740. The van der Waals surface area contributed by atoms with Crippen LogP contribution in [0.25, 0.3) is 23.1 Å². The molecule has 0 atom stereocenters. The molecule has 3 rings (SSSR count). The molecule has 3 N–H and O–H groups in total. The van der Waals surface area contributed by atoms with Crippen molar-refractivity contribution in [3.63, 3.8) is 0 Å². The number of fused-ring (bicyclic) bond motifs is 1. The molecule has 0 spiro atoms. The Morgan fingerprint density at radius 2 is 1.71 bits per heavy atom. The Balaban J connectivity index is 1.87. The van der Waals surface area contributed by atoms with Crippen LogP contribution >= 0.6 is 0 Å². The van der Waals surface area contributed by atoms with Gasteiger partial charge in [0.1, 0.15) is 0 Å². The van der Waals surface area contributed by atoms with E-state index in [0.717, 1.165) is 48.2 Å². The summed E-state index contributed by atoms with van der Waals surface area (Å²) < 4.78 is 0.